The molecule has 0 spiro atoms. The molecule has 0 aliphatic carbocycles. The summed E-state index contributed by atoms with van der Waals surface area (Å²) < 4.78 is 54.1. The minimum atomic E-state index is -3.41. The Morgan fingerprint density at radius 2 is 1.73 bits per heavy atom. The molecule has 4 rings (SSSR count). The first kappa shape index (κ1) is 32.3. The fourth-order valence-corrected chi connectivity index (χ4v) is 5.53. The summed E-state index contributed by atoms with van der Waals surface area (Å²) in [5.74, 6) is -1.44. The Morgan fingerprint density at radius 3 is 2.37 bits per heavy atom. The normalized spacial score (nSPS) is 14.2. The zero-order valence-corrected chi connectivity index (χ0v) is 24.9. The van der Waals surface area contributed by atoms with Crippen LogP contribution in [0.4, 0.5) is 25.0 Å². The fourth-order valence-electron chi connectivity index (χ4n) is 4.98. The van der Waals surface area contributed by atoms with Crippen molar-refractivity contribution < 1.29 is 22.0 Å². The van der Waals surface area contributed by atoms with Crippen LogP contribution in [0.1, 0.15) is 38.2 Å². The third-order valence-corrected chi connectivity index (χ3v) is 7.59. The van der Waals surface area contributed by atoms with E-state index in [1.165, 1.54) is 11.0 Å². The van der Waals surface area contributed by atoms with E-state index in [2.05, 4.69) is 14.9 Å². The van der Waals surface area contributed by atoms with Crippen molar-refractivity contribution in [2.24, 2.45) is 0 Å². The summed E-state index contributed by atoms with van der Waals surface area (Å²) in [4.78, 5) is 16.8. The number of carbonyl (C=O) groups excluding carboxylic acids is 1. The van der Waals surface area contributed by atoms with Crippen molar-refractivity contribution in [1.82, 2.24) is 10.2 Å². The summed E-state index contributed by atoms with van der Waals surface area (Å²) >= 11 is 0. The molecule has 1 aliphatic rings. The number of carbonyl (C=O) groups is 1. The van der Waals surface area contributed by atoms with E-state index in [-0.39, 0.29) is 30.2 Å². The number of nitrogens with zero attached hydrogens (tertiary/aromatic N) is 2. The molecule has 41 heavy (non-hydrogen) atoms. The lowest BCUT2D eigenvalue weighted by molar-refractivity contribution is 0.188. The lowest BCUT2D eigenvalue weighted by Gasteiger charge is -2.34. The molecule has 1 saturated heterocycles. The first-order valence-corrected chi connectivity index (χ1v) is 15.4. The molecular weight excluding hydrogens is 570 g/mol. The van der Waals surface area contributed by atoms with Gasteiger partial charge in [0.15, 0.2) is 0 Å². The van der Waals surface area contributed by atoms with Crippen molar-refractivity contribution in [3.63, 3.8) is 0 Å². The summed E-state index contributed by atoms with van der Waals surface area (Å²) in [6, 6.07) is 18.3. The van der Waals surface area contributed by atoms with Gasteiger partial charge in [0.05, 0.1) is 11.9 Å². The van der Waals surface area contributed by atoms with E-state index in [9.17, 15) is 22.0 Å². The maximum absolute atomic E-state index is 14.5. The van der Waals surface area contributed by atoms with Gasteiger partial charge in [-0.1, -0.05) is 49.7 Å². The van der Waals surface area contributed by atoms with Crippen LogP contribution in [0.5, 0.6) is 0 Å². The molecule has 3 aromatic carbocycles. The van der Waals surface area contributed by atoms with Crippen LogP contribution in [0.3, 0.4) is 0 Å². The van der Waals surface area contributed by atoms with Crippen LogP contribution in [0, 0.1) is 11.6 Å². The number of benzene rings is 3. The van der Waals surface area contributed by atoms with Gasteiger partial charge in [-0.25, -0.2) is 22.0 Å². The Bertz CT molecular complexity index is 1420. The molecule has 1 heterocycles. The van der Waals surface area contributed by atoms with Gasteiger partial charge in [0.25, 0.3) is 0 Å². The van der Waals surface area contributed by atoms with Crippen molar-refractivity contribution in [2.75, 3.05) is 35.5 Å². The Hall–Kier alpha value is -3.21. The molecule has 0 saturated carbocycles. The highest BCUT2D eigenvalue weighted by Gasteiger charge is 2.25. The molecule has 3 aromatic rings. The fraction of sp³-hybridized carbons (Fsp3) is 0.367. The van der Waals surface area contributed by atoms with Gasteiger partial charge in [-0.05, 0) is 60.2 Å². The molecule has 0 unspecified atom stereocenters. The van der Waals surface area contributed by atoms with Crippen LogP contribution >= 0.6 is 12.4 Å². The zero-order chi connectivity index (χ0) is 28.7. The molecular formula is C30H37ClF2N4O3S. The highest BCUT2D eigenvalue weighted by Crippen LogP contribution is 2.29. The number of hydrogen-bond acceptors (Lipinski definition) is 4. The molecule has 222 valence electrons. The van der Waals surface area contributed by atoms with E-state index in [0.29, 0.717) is 38.0 Å². The first-order chi connectivity index (χ1) is 19.1. The second-order valence-electron chi connectivity index (χ2n) is 10.2. The minimum absolute atomic E-state index is 0. The number of piperidine rings is 1. The van der Waals surface area contributed by atoms with Crippen molar-refractivity contribution in [3.05, 3.63) is 83.9 Å². The predicted molar refractivity (Wildman–Crippen MR) is 163 cm³/mol. The van der Waals surface area contributed by atoms with Gasteiger partial charge >= 0.3 is 6.03 Å². The molecule has 0 radical (unpaired) electrons. The second-order valence-corrected chi connectivity index (χ2v) is 12.0. The molecule has 0 bridgehead atoms. The van der Waals surface area contributed by atoms with Gasteiger partial charge in [0.2, 0.25) is 10.0 Å². The maximum Gasteiger partial charge on any atom is 0.322 e. The lowest BCUT2D eigenvalue weighted by atomic mass is 9.97. The predicted octanol–water partition coefficient (Wildman–Crippen LogP) is 6.41. The highest BCUT2D eigenvalue weighted by molar-refractivity contribution is 7.92. The molecule has 0 atom stereocenters. The minimum Gasteiger partial charge on any atom is -0.335 e. The number of hydrogen-bond donors (Lipinski definition) is 2. The van der Waals surface area contributed by atoms with Gasteiger partial charge < -0.3 is 5.32 Å². The van der Waals surface area contributed by atoms with E-state index in [1.54, 1.807) is 6.07 Å². The number of anilines is 2. The molecule has 11 heteroatoms. The van der Waals surface area contributed by atoms with Gasteiger partial charge in [0.1, 0.15) is 11.6 Å². The summed E-state index contributed by atoms with van der Waals surface area (Å²) in [7, 11) is -3.41. The standard InChI is InChI=1S/C30H36F2N4O3S.ClH/c1-3-4-16-36(29-13-10-24(31)20-28(29)32)30(37)33-25-14-17-35(18-15-25)21-23-19-26(34-40(2,38)39)11-12-27(23)22-8-6-5-7-9-22;/h5-13,19-20,25,34H,3-4,14-18,21H2,1-2H3,(H,33,37);1H. The summed E-state index contributed by atoms with van der Waals surface area (Å²) in [5.41, 5.74) is 3.66. The van der Waals surface area contributed by atoms with E-state index in [4.69, 9.17) is 0 Å². The Balaban J connectivity index is 0.00000462. The topological polar surface area (TPSA) is 81.8 Å². The number of urea groups is 1. The van der Waals surface area contributed by atoms with Crippen molar-refractivity contribution in [3.8, 4) is 11.1 Å². The van der Waals surface area contributed by atoms with E-state index in [1.807, 2.05) is 49.4 Å². The number of unbranched alkanes of at least 4 members (excludes halogenated alkanes) is 1. The van der Waals surface area contributed by atoms with Gasteiger partial charge in [-0.3, -0.25) is 14.5 Å². The average molecular weight is 607 g/mol. The Labute approximate surface area is 247 Å². The number of halogens is 3. The van der Waals surface area contributed by atoms with Gasteiger partial charge in [0, 0.05) is 44.0 Å². The van der Waals surface area contributed by atoms with Crippen LogP contribution in [0.25, 0.3) is 11.1 Å². The Kier molecular flexibility index (Phi) is 11.5. The van der Waals surface area contributed by atoms with Crippen molar-refractivity contribution in [2.45, 2.75) is 45.2 Å². The molecule has 2 N–H and O–H groups in total. The van der Waals surface area contributed by atoms with Crippen LogP contribution < -0.4 is 14.9 Å². The van der Waals surface area contributed by atoms with E-state index >= 15 is 0 Å². The third kappa shape index (κ3) is 9.14. The molecule has 1 aliphatic heterocycles. The van der Waals surface area contributed by atoms with Gasteiger partial charge in [-0.15, -0.1) is 12.4 Å². The molecule has 7 nitrogen and oxygen atoms in total. The lowest BCUT2D eigenvalue weighted by Crippen LogP contribution is -2.49. The molecule has 2 amide bonds. The maximum atomic E-state index is 14.5. The number of likely N-dealkylation sites (tertiary alicyclic amines) is 1. The SMILES string of the molecule is CCCCN(C(=O)NC1CCN(Cc2cc(NS(C)(=O)=O)ccc2-c2ccccc2)CC1)c1ccc(F)cc1F.Cl. The van der Waals surface area contributed by atoms with Crippen LogP contribution in [0.2, 0.25) is 0 Å². The second kappa shape index (κ2) is 14.6. The first-order valence-electron chi connectivity index (χ1n) is 13.5. The highest BCUT2D eigenvalue weighted by atomic mass is 35.5. The number of rotatable bonds is 10. The quantitative estimate of drug-likeness (QED) is 0.280. The van der Waals surface area contributed by atoms with Gasteiger partial charge in [-0.2, -0.15) is 0 Å². The largest absolute Gasteiger partial charge is 0.335 e. The monoisotopic (exact) mass is 606 g/mol. The third-order valence-electron chi connectivity index (χ3n) is 6.98. The number of sulfonamides is 1. The molecule has 0 aromatic heterocycles. The van der Waals surface area contributed by atoms with Crippen LogP contribution in [-0.2, 0) is 16.6 Å². The zero-order valence-electron chi connectivity index (χ0n) is 23.3. The smallest absolute Gasteiger partial charge is 0.322 e. The number of amides is 2. The summed E-state index contributed by atoms with van der Waals surface area (Å²) in [6.45, 7) is 4.39. The van der Waals surface area contributed by atoms with Crippen molar-refractivity contribution >= 4 is 39.8 Å². The van der Waals surface area contributed by atoms with Crippen LogP contribution in [0.15, 0.2) is 66.7 Å². The Morgan fingerprint density at radius 1 is 1.02 bits per heavy atom. The number of nitrogens with one attached hydrogen (secondary N) is 2. The van der Waals surface area contributed by atoms with Crippen LogP contribution in [-0.4, -0.2) is 51.3 Å². The average Bonchev–Trinajstić information content (AvgIpc) is 2.91. The summed E-state index contributed by atoms with van der Waals surface area (Å²) in [6.07, 6.45) is 4.07. The van der Waals surface area contributed by atoms with Crippen molar-refractivity contribution in [1.29, 1.82) is 0 Å². The summed E-state index contributed by atoms with van der Waals surface area (Å²) in [5, 5.41) is 3.05. The van der Waals surface area contributed by atoms with E-state index < -0.39 is 21.7 Å². The van der Waals surface area contributed by atoms with E-state index in [0.717, 1.165) is 54.6 Å². The molecule has 1 fully saturated rings.